The summed E-state index contributed by atoms with van der Waals surface area (Å²) in [5.74, 6) is -0.000719. The first-order valence-electron chi connectivity index (χ1n) is 6.09. The fraction of sp³-hybridized carbons (Fsp3) is 0.133. The van der Waals surface area contributed by atoms with E-state index in [1.54, 1.807) is 23.1 Å². The van der Waals surface area contributed by atoms with Crippen molar-refractivity contribution in [1.82, 2.24) is 0 Å². The van der Waals surface area contributed by atoms with Crippen molar-refractivity contribution in [3.8, 4) is 5.75 Å². The van der Waals surface area contributed by atoms with Gasteiger partial charge in [0.15, 0.2) is 0 Å². The molecule has 4 nitrogen and oxygen atoms in total. The van der Waals surface area contributed by atoms with Crippen LogP contribution >= 0.6 is 0 Å². The molecule has 0 heterocycles. The van der Waals surface area contributed by atoms with Crippen molar-refractivity contribution in [3.05, 3.63) is 54.1 Å². The standard InChI is InChI=1S/C15H16N2O2/c1-2-17(14-6-4-3-5-13(14)16)15(19)11-7-9-12(18)10-8-11/h3-10,18H,2,16H2,1H3. The number of rotatable bonds is 3. The summed E-state index contributed by atoms with van der Waals surface area (Å²) in [4.78, 5) is 14.0. The molecule has 2 aromatic rings. The van der Waals surface area contributed by atoms with E-state index >= 15 is 0 Å². The van der Waals surface area contributed by atoms with Crippen LogP contribution in [0.4, 0.5) is 11.4 Å². The molecule has 0 fully saturated rings. The Morgan fingerprint density at radius 1 is 1.16 bits per heavy atom. The molecule has 2 rings (SSSR count). The van der Waals surface area contributed by atoms with Gasteiger partial charge in [-0.2, -0.15) is 0 Å². The molecule has 0 radical (unpaired) electrons. The van der Waals surface area contributed by atoms with Gasteiger partial charge >= 0.3 is 0 Å². The van der Waals surface area contributed by atoms with Gasteiger partial charge in [-0.3, -0.25) is 4.79 Å². The summed E-state index contributed by atoms with van der Waals surface area (Å²) in [6, 6.07) is 13.4. The molecule has 0 saturated heterocycles. The number of nitrogen functional groups attached to an aromatic ring is 1. The number of carbonyl (C=O) groups excluding carboxylic acids is 1. The molecule has 0 spiro atoms. The fourth-order valence-corrected chi connectivity index (χ4v) is 1.92. The Morgan fingerprint density at radius 2 is 1.79 bits per heavy atom. The number of phenolic OH excluding ortho intramolecular Hbond substituents is 1. The summed E-state index contributed by atoms with van der Waals surface area (Å²) >= 11 is 0. The van der Waals surface area contributed by atoms with Crippen molar-refractivity contribution in [3.63, 3.8) is 0 Å². The Labute approximate surface area is 112 Å². The zero-order valence-corrected chi connectivity index (χ0v) is 10.7. The number of anilines is 2. The maximum absolute atomic E-state index is 12.4. The summed E-state index contributed by atoms with van der Waals surface area (Å²) in [5, 5.41) is 9.25. The maximum atomic E-state index is 12.4. The second kappa shape index (κ2) is 5.44. The number of hydrogen-bond acceptors (Lipinski definition) is 3. The molecular weight excluding hydrogens is 240 g/mol. The van der Waals surface area contributed by atoms with Gasteiger partial charge in [0.25, 0.3) is 5.91 Å². The zero-order valence-electron chi connectivity index (χ0n) is 10.7. The van der Waals surface area contributed by atoms with E-state index in [-0.39, 0.29) is 11.7 Å². The second-order valence-electron chi connectivity index (χ2n) is 4.16. The lowest BCUT2D eigenvalue weighted by Crippen LogP contribution is -2.31. The van der Waals surface area contributed by atoms with Crippen LogP contribution < -0.4 is 10.6 Å². The normalized spacial score (nSPS) is 10.2. The molecule has 19 heavy (non-hydrogen) atoms. The van der Waals surface area contributed by atoms with Crippen LogP contribution in [-0.2, 0) is 0 Å². The third-order valence-electron chi connectivity index (χ3n) is 2.90. The first kappa shape index (κ1) is 13.0. The minimum Gasteiger partial charge on any atom is -0.508 e. The average molecular weight is 256 g/mol. The van der Waals surface area contributed by atoms with Gasteiger partial charge in [-0.25, -0.2) is 0 Å². The Morgan fingerprint density at radius 3 is 2.37 bits per heavy atom. The lowest BCUT2D eigenvalue weighted by atomic mass is 10.1. The van der Waals surface area contributed by atoms with Crippen LogP contribution in [0.15, 0.2) is 48.5 Å². The first-order valence-corrected chi connectivity index (χ1v) is 6.09. The molecule has 1 amide bonds. The number of nitrogens with two attached hydrogens (primary N) is 1. The van der Waals surface area contributed by atoms with Crippen LogP contribution in [0.1, 0.15) is 17.3 Å². The van der Waals surface area contributed by atoms with Gasteiger partial charge in [0.05, 0.1) is 11.4 Å². The van der Waals surface area contributed by atoms with E-state index in [1.165, 1.54) is 12.1 Å². The number of amides is 1. The summed E-state index contributed by atoms with van der Waals surface area (Å²) in [7, 11) is 0. The van der Waals surface area contributed by atoms with Gasteiger partial charge in [0.1, 0.15) is 5.75 Å². The van der Waals surface area contributed by atoms with E-state index in [4.69, 9.17) is 5.73 Å². The molecule has 0 aliphatic heterocycles. The van der Waals surface area contributed by atoms with Gasteiger partial charge in [-0.05, 0) is 43.3 Å². The number of para-hydroxylation sites is 2. The predicted molar refractivity (Wildman–Crippen MR) is 76.3 cm³/mol. The lowest BCUT2D eigenvalue weighted by Gasteiger charge is -2.22. The van der Waals surface area contributed by atoms with Crippen molar-refractivity contribution < 1.29 is 9.90 Å². The van der Waals surface area contributed by atoms with Gasteiger partial charge in [-0.1, -0.05) is 12.1 Å². The number of phenols is 1. The number of nitrogens with zero attached hydrogens (tertiary/aromatic N) is 1. The molecule has 0 bridgehead atoms. The van der Waals surface area contributed by atoms with Gasteiger partial charge in [-0.15, -0.1) is 0 Å². The third-order valence-corrected chi connectivity index (χ3v) is 2.90. The molecule has 4 heteroatoms. The van der Waals surface area contributed by atoms with Crippen LogP contribution in [0.25, 0.3) is 0 Å². The van der Waals surface area contributed by atoms with Crippen LogP contribution in [0.2, 0.25) is 0 Å². The molecule has 0 aliphatic carbocycles. The van der Waals surface area contributed by atoms with Crippen LogP contribution in [0, 0.1) is 0 Å². The highest BCUT2D eigenvalue weighted by molar-refractivity contribution is 6.07. The Kier molecular flexibility index (Phi) is 3.71. The van der Waals surface area contributed by atoms with E-state index in [2.05, 4.69) is 0 Å². The van der Waals surface area contributed by atoms with Gasteiger partial charge < -0.3 is 15.7 Å². The number of benzene rings is 2. The van der Waals surface area contributed by atoms with E-state index in [0.29, 0.717) is 23.5 Å². The molecule has 0 saturated carbocycles. The number of hydrogen-bond donors (Lipinski definition) is 2. The van der Waals surface area contributed by atoms with E-state index in [0.717, 1.165) is 0 Å². The van der Waals surface area contributed by atoms with Crippen LogP contribution in [0.5, 0.6) is 5.75 Å². The zero-order chi connectivity index (χ0) is 13.8. The minimum absolute atomic E-state index is 0.138. The van der Waals surface area contributed by atoms with E-state index < -0.39 is 0 Å². The molecular formula is C15H16N2O2. The van der Waals surface area contributed by atoms with Crippen molar-refractivity contribution >= 4 is 17.3 Å². The van der Waals surface area contributed by atoms with Crippen LogP contribution in [0.3, 0.4) is 0 Å². The minimum atomic E-state index is -0.139. The quantitative estimate of drug-likeness (QED) is 0.830. The van der Waals surface area contributed by atoms with E-state index in [1.807, 2.05) is 25.1 Å². The molecule has 3 N–H and O–H groups in total. The number of carbonyl (C=O) groups is 1. The topological polar surface area (TPSA) is 66.6 Å². The number of aromatic hydroxyl groups is 1. The van der Waals surface area contributed by atoms with Crippen LogP contribution in [-0.4, -0.2) is 17.6 Å². The van der Waals surface area contributed by atoms with Gasteiger partial charge in [0, 0.05) is 12.1 Å². The molecule has 0 aromatic heterocycles. The highest BCUT2D eigenvalue weighted by Crippen LogP contribution is 2.24. The second-order valence-corrected chi connectivity index (χ2v) is 4.16. The van der Waals surface area contributed by atoms with Crippen molar-refractivity contribution in [2.24, 2.45) is 0 Å². The molecule has 98 valence electrons. The van der Waals surface area contributed by atoms with E-state index in [9.17, 15) is 9.90 Å². The van der Waals surface area contributed by atoms with Crippen molar-refractivity contribution in [2.75, 3.05) is 17.2 Å². The fourth-order valence-electron chi connectivity index (χ4n) is 1.92. The third kappa shape index (κ3) is 2.68. The molecule has 0 aliphatic rings. The molecule has 0 atom stereocenters. The smallest absolute Gasteiger partial charge is 0.258 e. The molecule has 0 unspecified atom stereocenters. The summed E-state index contributed by atoms with van der Waals surface area (Å²) in [6.45, 7) is 2.42. The Hall–Kier alpha value is -2.49. The lowest BCUT2D eigenvalue weighted by molar-refractivity contribution is 0.0988. The monoisotopic (exact) mass is 256 g/mol. The SMILES string of the molecule is CCN(C(=O)c1ccc(O)cc1)c1ccccc1N. The van der Waals surface area contributed by atoms with Gasteiger partial charge in [0.2, 0.25) is 0 Å². The highest BCUT2D eigenvalue weighted by Gasteiger charge is 2.17. The van der Waals surface area contributed by atoms with Crippen molar-refractivity contribution in [2.45, 2.75) is 6.92 Å². The largest absolute Gasteiger partial charge is 0.508 e. The average Bonchev–Trinajstić information content (AvgIpc) is 2.42. The summed E-state index contributed by atoms with van der Waals surface area (Å²) < 4.78 is 0. The first-order chi connectivity index (χ1) is 9.13. The highest BCUT2D eigenvalue weighted by atomic mass is 16.3. The summed E-state index contributed by atoms with van der Waals surface area (Å²) in [6.07, 6.45) is 0. The Balaban J connectivity index is 2.35. The summed E-state index contributed by atoms with van der Waals surface area (Å²) in [5.41, 5.74) is 7.68. The molecule has 2 aromatic carbocycles. The Bertz CT molecular complexity index is 579. The predicted octanol–water partition coefficient (Wildman–Crippen LogP) is 2.64. The van der Waals surface area contributed by atoms with Crippen molar-refractivity contribution in [1.29, 1.82) is 0 Å². The maximum Gasteiger partial charge on any atom is 0.258 e.